The fraction of sp³-hybridized carbons (Fsp3) is 1.00. The number of nitrogens with one attached hydrogen (secondary N) is 1. The first-order chi connectivity index (χ1) is 8.29. The van der Waals surface area contributed by atoms with Crippen molar-refractivity contribution in [2.45, 2.75) is 76.0 Å². The maximum atomic E-state index is 4.01. The third kappa shape index (κ3) is 1.94. The molecule has 0 aromatic carbocycles. The summed E-state index contributed by atoms with van der Waals surface area (Å²) in [7, 11) is 0. The zero-order valence-corrected chi connectivity index (χ0v) is 11.1. The second kappa shape index (κ2) is 3.96. The third-order valence-corrected chi connectivity index (χ3v) is 5.83. The minimum atomic E-state index is 0.801. The molecule has 17 heavy (non-hydrogen) atoms. The van der Waals surface area contributed by atoms with Gasteiger partial charge in [-0.1, -0.05) is 6.42 Å². The summed E-state index contributed by atoms with van der Waals surface area (Å²) in [5.74, 6) is 2.11. The largest absolute Gasteiger partial charge is 0.310 e. The molecule has 2 nitrogen and oxygen atoms in total. The Hall–Kier alpha value is -0.0800. The van der Waals surface area contributed by atoms with Gasteiger partial charge in [0.05, 0.1) is 0 Å². The molecular weight excluding hydrogens is 208 g/mol. The van der Waals surface area contributed by atoms with Gasteiger partial charge in [-0.15, -0.1) is 0 Å². The third-order valence-electron chi connectivity index (χ3n) is 5.83. The number of likely N-dealkylation sites (tertiary alicyclic amines) is 1. The molecule has 0 spiro atoms. The second-order valence-electron chi connectivity index (χ2n) is 7.16. The molecule has 0 aromatic rings. The monoisotopic (exact) mass is 234 g/mol. The Morgan fingerprint density at radius 2 is 1.88 bits per heavy atom. The number of rotatable bonds is 3. The van der Waals surface area contributed by atoms with Crippen LogP contribution in [0.1, 0.15) is 51.9 Å². The molecule has 0 radical (unpaired) electrons. The van der Waals surface area contributed by atoms with Gasteiger partial charge in [-0.05, 0) is 57.3 Å². The average molecular weight is 234 g/mol. The van der Waals surface area contributed by atoms with Gasteiger partial charge in [0.25, 0.3) is 0 Å². The van der Waals surface area contributed by atoms with Crippen LogP contribution in [0.3, 0.4) is 0 Å². The quantitative estimate of drug-likeness (QED) is 0.806. The van der Waals surface area contributed by atoms with Crippen LogP contribution in [0.4, 0.5) is 0 Å². The minimum Gasteiger partial charge on any atom is -0.310 e. The number of nitrogens with zero attached hydrogens (tertiary/aromatic N) is 1. The van der Waals surface area contributed by atoms with Gasteiger partial charge in [0.15, 0.2) is 0 Å². The Morgan fingerprint density at radius 1 is 1.00 bits per heavy atom. The molecule has 3 aliphatic carbocycles. The van der Waals surface area contributed by atoms with Crippen molar-refractivity contribution < 1.29 is 0 Å². The highest BCUT2D eigenvalue weighted by atomic mass is 15.3. The molecule has 4 aliphatic rings. The molecule has 4 rings (SSSR count). The molecule has 0 aromatic heterocycles. The van der Waals surface area contributed by atoms with E-state index in [1.165, 1.54) is 51.5 Å². The van der Waals surface area contributed by atoms with E-state index in [1.807, 2.05) is 0 Å². The van der Waals surface area contributed by atoms with Gasteiger partial charge in [-0.2, -0.15) is 0 Å². The summed E-state index contributed by atoms with van der Waals surface area (Å²) >= 11 is 0. The van der Waals surface area contributed by atoms with Crippen LogP contribution in [0.5, 0.6) is 0 Å². The lowest BCUT2D eigenvalue weighted by Crippen LogP contribution is -2.43. The second-order valence-corrected chi connectivity index (χ2v) is 7.16. The predicted octanol–water partition coefficient (Wildman–Crippen LogP) is 2.39. The van der Waals surface area contributed by atoms with Crippen molar-refractivity contribution in [2.75, 3.05) is 6.54 Å². The van der Waals surface area contributed by atoms with E-state index in [0.29, 0.717) is 0 Å². The van der Waals surface area contributed by atoms with Crippen molar-refractivity contribution in [1.29, 1.82) is 0 Å². The highest BCUT2D eigenvalue weighted by Crippen LogP contribution is 2.45. The number of hydrogen-bond donors (Lipinski definition) is 1. The van der Waals surface area contributed by atoms with Crippen molar-refractivity contribution in [3.63, 3.8) is 0 Å². The molecule has 1 heterocycles. The molecule has 5 unspecified atom stereocenters. The Kier molecular flexibility index (Phi) is 2.52. The van der Waals surface area contributed by atoms with Crippen LogP contribution in [-0.2, 0) is 0 Å². The average Bonchev–Trinajstić information content (AvgIpc) is 2.78. The van der Waals surface area contributed by atoms with Gasteiger partial charge in [-0.25, -0.2) is 0 Å². The summed E-state index contributed by atoms with van der Waals surface area (Å²) in [5.41, 5.74) is 0. The van der Waals surface area contributed by atoms with E-state index < -0.39 is 0 Å². The van der Waals surface area contributed by atoms with Crippen LogP contribution in [0.25, 0.3) is 0 Å². The molecule has 2 bridgehead atoms. The Labute approximate surface area is 105 Å². The van der Waals surface area contributed by atoms with Crippen LogP contribution < -0.4 is 5.32 Å². The smallest absolute Gasteiger partial charge is 0.0212 e. The standard InChI is InChI=1S/C15H26N2/c1-10-6-13(9-17(10)14-4-5-14)16-15-8-11-2-3-12(15)7-11/h10-16H,2-9H2,1H3. The molecule has 0 amide bonds. The molecular formula is C15H26N2. The maximum Gasteiger partial charge on any atom is 0.0212 e. The molecule has 5 atom stereocenters. The molecule has 1 N–H and O–H groups in total. The predicted molar refractivity (Wildman–Crippen MR) is 70.0 cm³/mol. The topological polar surface area (TPSA) is 15.3 Å². The van der Waals surface area contributed by atoms with Gasteiger partial charge >= 0.3 is 0 Å². The Balaban J connectivity index is 1.34. The van der Waals surface area contributed by atoms with Crippen molar-refractivity contribution in [2.24, 2.45) is 11.8 Å². The molecule has 1 aliphatic heterocycles. The summed E-state index contributed by atoms with van der Waals surface area (Å²) in [6.07, 6.45) is 10.4. The SMILES string of the molecule is CC1CC(NC2CC3CCC2C3)CN1C1CC1. The van der Waals surface area contributed by atoms with E-state index in [4.69, 9.17) is 0 Å². The summed E-state index contributed by atoms with van der Waals surface area (Å²) in [4.78, 5) is 2.77. The molecule has 2 heteroatoms. The highest BCUT2D eigenvalue weighted by Gasteiger charge is 2.43. The van der Waals surface area contributed by atoms with Crippen molar-refractivity contribution in [1.82, 2.24) is 10.2 Å². The van der Waals surface area contributed by atoms with Gasteiger partial charge in [0.1, 0.15) is 0 Å². The minimum absolute atomic E-state index is 0.801. The van der Waals surface area contributed by atoms with E-state index >= 15 is 0 Å². The van der Waals surface area contributed by atoms with E-state index in [2.05, 4.69) is 17.1 Å². The zero-order valence-electron chi connectivity index (χ0n) is 11.1. The molecule has 3 saturated carbocycles. The van der Waals surface area contributed by atoms with E-state index in [0.717, 1.165) is 36.0 Å². The lowest BCUT2D eigenvalue weighted by atomic mass is 9.94. The van der Waals surface area contributed by atoms with Crippen LogP contribution in [0.2, 0.25) is 0 Å². The lowest BCUT2D eigenvalue weighted by molar-refractivity contribution is 0.250. The van der Waals surface area contributed by atoms with Crippen LogP contribution >= 0.6 is 0 Å². The Bertz CT molecular complexity index is 299. The fourth-order valence-electron chi connectivity index (χ4n) is 4.84. The first kappa shape index (κ1) is 10.8. The van der Waals surface area contributed by atoms with Crippen molar-refractivity contribution in [3.05, 3.63) is 0 Å². The molecule has 4 fully saturated rings. The normalized spacial score (nSPS) is 50.3. The van der Waals surface area contributed by atoms with Gasteiger partial charge in [0.2, 0.25) is 0 Å². The zero-order chi connectivity index (χ0) is 11.4. The summed E-state index contributed by atoms with van der Waals surface area (Å²) < 4.78 is 0. The molecule has 96 valence electrons. The summed E-state index contributed by atoms with van der Waals surface area (Å²) in [5, 5.41) is 4.01. The maximum absolute atomic E-state index is 4.01. The summed E-state index contributed by atoms with van der Waals surface area (Å²) in [6, 6.07) is 3.47. The first-order valence-corrected chi connectivity index (χ1v) is 7.81. The van der Waals surface area contributed by atoms with E-state index in [-0.39, 0.29) is 0 Å². The van der Waals surface area contributed by atoms with Gasteiger partial charge in [0, 0.05) is 30.7 Å². The van der Waals surface area contributed by atoms with E-state index in [9.17, 15) is 0 Å². The summed E-state index contributed by atoms with van der Waals surface area (Å²) in [6.45, 7) is 3.76. The number of fused-ring (bicyclic) bond motifs is 2. The van der Waals surface area contributed by atoms with Crippen molar-refractivity contribution >= 4 is 0 Å². The van der Waals surface area contributed by atoms with Gasteiger partial charge in [-0.3, -0.25) is 4.90 Å². The van der Waals surface area contributed by atoms with Crippen LogP contribution in [0.15, 0.2) is 0 Å². The van der Waals surface area contributed by atoms with Crippen LogP contribution in [0, 0.1) is 11.8 Å². The highest BCUT2D eigenvalue weighted by molar-refractivity contribution is 5.00. The Morgan fingerprint density at radius 3 is 2.53 bits per heavy atom. The fourth-order valence-corrected chi connectivity index (χ4v) is 4.84. The number of hydrogen-bond acceptors (Lipinski definition) is 2. The van der Waals surface area contributed by atoms with E-state index in [1.54, 1.807) is 0 Å². The van der Waals surface area contributed by atoms with Gasteiger partial charge < -0.3 is 5.32 Å². The first-order valence-electron chi connectivity index (χ1n) is 7.81. The van der Waals surface area contributed by atoms with Crippen molar-refractivity contribution in [3.8, 4) is 0 Å². The lowest BCUT2D eigenvalue weighted by Gasteiger charge is -2.26. The van der Waals surface area contributed by atoms with Crippen LogP contribution in [-0.4, -0.2) is 35.6 Å². The molecule has 1 saturated heterocycles.